The van der Waals surface area contributed by atoms with Gasteiger partial charge >= 0.3 is 5.97 Å². The predicted octanol–water partition coefficient (Wildman–Crippen LogP) is 3.71. The molecule has 1 rings (SSSR count). The molecule has 0 saturated carbocycles. The van der Waals surface area contributed by atoms with Gasteiger partial charge in [-0.05, 0) is 18.3 Å². The number of thiophene rings is 1. The van der Waals surface area contributed by atoms with Gasteiger partial charge < -0.3 is 20.5 Å². The lowest BCUT2D eigenvalue weighted by Crippen LogP contribution is -2.00. The van der Waals surface area contributed by atoms with Crippen LogP contribution in [-0.4, -0.2) is 24.5 Å². The second-order valence-electron chi connectivity index (χ2n) is 2.10. The van der Waals surface area contributed by atoms with Crippen LogP contribution in [0.25, 0.3) is 0 Å². The third-order valence-electron chi connectivity index (χ3n) is 1.06. The zero-order chi connectivity index (χ0) is 20.7. The van der Waals surface area contributed by atoms with Crippen LogP contribution in [0, 0.1) is 11.3 Å². The van der Waals surface area contributed by atoms with E-state index < -0.39 is 23.8 Å². The standard InChI is InChI=1S/C6H7NO2S.C3H2ClN.C2H4O.CH4.ClH.H3NO.3H2/c1-9-6(8)5-4(7)2-3-10-5;4-2-1-3-5;1-2-3;;;1-2;;;/h2-3H,7H2,1H3;1-2H;2H,1H3;1H4;1H;2H,1H2;3*1H/b;2-1+;;;;;;;/i2D,3D;1D,2D;2D;;;;;;. The molecule has 0 radical (unpaired) electrons. The third-order valence-corrected chi connectivity index (χ3v) is 1.95. The van der Waals surface area contributed by atoms with Gasteiger partial charge in [0, 0.05) is 15.8 Å². The van der Waals surface area contributed by atoms with E-state index in [1.807, 2.05) is 0 Å². The van der Waals surface area contributed by atoms with Crippen LogP contribution < -0.4 is 11.6 Å². The van der Waals surface area contributed by atoms with Crippen molar-refractivity contribution in [3.63, 3.8) is 0 Å². The molecule has 10 heteroatoms. The van der Waals surface area contributed by atoms with Crippen molar-refractivity contribution in [2.24, 2.45) is 5.90 Å². The van der Waals surface area contributed by atoms with Crippen molar-refractivity contribution in [2.45, 2.75) is 14.4 Å². The van der Waals surface area contributed by atoms with Gasteiger partial charge in [-0.3, -0.25) is 0 Å². The number of halogens is 2. The molecule has 1 aromatic heterocycles. The van der Waals surface area contributed by atoms with E-state index >= 15 is 0 Å². The van der Waals surface area contributed by atoms with E-state index in [4.69, 9.17) is 39.5 Å². The SMILES string of the molecule is C.Cl.NO.[2H]/C(Cl)=C(/[2H])C#N.[2H]C(C)=O.[2H]c1sc(C(=O)OC)c(N)c1[2H].[HH].[HH].[HH]. The number of nitriles is 1. The Morgan fingerprint density at radius 2 is 2.18 bits per heavy atom. The molecule has 0 saturated heterocycles. The smallest absolute Gasteiger partial charge is 0.350 e. The number of carbonyl (C=O) groups excluding carboxylic acids is 2. The fraction of sp³-hybridized carbons (Fsp3) is 0.250. The Balaban J connectivity index is -0.0000000395. The molecule has 134 valence electrons. The molecule has 0 aliphatic carbocycles. The van der Waals surface area contributed by atoms with E-state index in [2.05, 4.69) is 10.6 Å². The van der Waals surface area contributed by atoms with Crippen molar-refractivity contribution < 1.29 is 30.7 Å². The Labute approximate surface area is 157 Å². The number of hydrogen-bond donors (Lipinski definition) is 3. The molecule has 0 spiro atoms. The molecule has 0 aromatic carbocycles. The number of allylic oxidation sites excluding steroid dienone is 1. The van der Waals surface area contributed by atoms with Gasteiger partial charge in [0.25, 0.3) is 0 Å². The molecule has 22 heavy (non-hydrogen) atoms. The number of nitrogen functional groups attached to an aromatic ring is 1. The second-order valence-corrected chi connectivity index (χ2v) is 3.10. The molecule has 0 amide bonds. The summed E-state index contributed by atoms with van der Waals surface area (Å²) in [5.74, 6) is 2.91. The summed E-state index contributed by atoms with van der Waals surface area (Å²) in [6, 6.07) is 0.782. The van der Waals surface area contributed by atoms with Crippen LogP contribution in [0.15, 0.2) is 23.0 Å². The molecule has 1 heterocycles. The maximum absolute atomic E-state index is 10.9. The predicted molar refractivity (Wildman–Crippen MR) is 98.7 cm³/mol. The normalized spacial score (nSPS) is 11.0. The van der Waals surface area contributed by atoms with E-state index in [1.165, 1.54) is 20.1 Å². The largest absolute Gasteiger partial charge is 0.465 e. The highest BCUT2D eigenvalue weighted by atomic mass is 35.5. The molecular formula is C12H27Cl2N3O4S. The van der Waals surface area contributed by atoms with Gasteiger partial charge in [-0.25, -0.2) is 10.7 Å². The first-order valence-electron chi connectivity index (χ1n) is 6.89. The monoisotopic (exact) mass is 384 g/mol. The lowest BCUT2D eigenvalue weighted by molar-refractivity contribution is -0.106. The van der Waals surface area contributed by atoms with E-state index in [-0.39, 0.29) is 46.1 Å². The maximum Gasteiger partial charge on any atom is 0.350 e. The highest BCUT2D eigenvalue weighted by molar-refractivity contribution is 7.12. The first-order chi connectivity index (χ1) is 11.5. The summed E-state index contributed by atoms with van der Waals surface area (Å²) in [7, 11) is 1.23. The van der Waals surface area contributed by atoms with E-state index in [0.717, 1.165) is 11.3 Å². The summed E-state index contributed by atoms with van der Waals surface area (Å²) in [6.07, 6.45) is -0.583. The number of ether oxygens (including phenoxy) is 1. The number of methoxy groups -OCH3 is 1. The van der Waals surface area contributed by atoms with Crippen LogP contribution >= 0.6 is 35.3 Å². The molecule has 5 N–H and O–H groups in total. The first kappa shape index (κ1) is 18.4. The Kier molecular flexibility index (Phi) is 23.2. The number of rotatable bonds is 1. The van der Waals surface area contributed by atoms with Crippen molar-refractivity contribution in [2.75, 3.05) is 12.8 Å². The summed E-state index contributed by atoms with van der Waals surface area (Å²) >= 11 is 5.72. The molecule has 0 bridgehead atoms. The fourth-order valence-corrected chi connectivity index (χ4v) is 1.14. The summed E-state index contributed by atoms with van der Waals surface area (Å²) in [6.45, 7) is 1.19. The number of esters is 1. The fourth-order valence-electron chi connectivity index (χ4n) is 0.509. The van der Waals surface area contributed by atoms with Gasteiger partial charge in [0.2, 0.25) is 0 Å². The number of aldehydes is 1. The van der Waals surface area contributed by atoms with Crippen molar-refractivity contribution in [3.05, 3.63) is 27.8 Å². The van der Waals surface area contributed by atoms with Crippen LogP contribution in [0.5, 0.6) is 0 Å². The highest BCUT2D eigenvalue weighted by Gasteiger charge is 2.09. The Morgan fingerprint density at radius 3 is 2.36 bits per heavy atom. The number of hydrogen-bond acceptors (Lipinski definition) is 8. The minimum Gasteiger partial charge on any atom is -0.465 e. The zero-order valence-electron chi connectivity index (χ0n) is 16.0. The van der Waals surface area contributed by atoms with Crippen LogP contribution in [0.3, 0.4) is 0 Å². The van der Waals surface area contributed by atoms with Gasteiger partial charge in [0.15, 0.2) is 0 Å². The van der Waals surface area contributed by atoms with Crippen molar-refractivity contribution in [1.82, 2.24) is 0 Å². The van der Waals surface area contributed by atoms with Crippen LogP contribution in [0.1, 0.15) is 35.2 Å². The third kappa shape index (κ3) is 20.7. The number of anilines is 1. The average Bonchev–Trinajstić information content (AvgIpc) is 2.82. The lowest BCUT2D eigenvalue weighted by atomic mass is 10.4. The van der Waals surface area contributed by atoms with Crippen molar-refractivity contribution >= 4 is 53.3 Å². The summed E-state index contributed by atoms with van der Waals surface area (Å²) in [5.41, 5.74) is 4.90. The van der Waals surface area contributed by atoms with Gasteiger partial charge in [0.1, 0.15) is 12.5 Å². The number of carbonyl (C=O) groups is 2. The van der Waals surface area contributed by atoms with Gasteiger partial charge in [-0.15, -0.1) is 23.7 Å². The molecule has 0 fully saturated rings. The minimum absolute atomic E-state index is 0. The van der Waals surface area contributed by atoms with E-state index in [1.54, 1.807) is 0 Å². The summed E-state index contributed by atoms with van der Waals surface area (Å²) in [4.78, 5) is 20.2. The van der Waals surface area contributed by atoms with E-state index in [0.29, 0.717) is 0 Å². The van der Waals surface area contributed by atoms with Gasteiger partial charge in [-0.2, -0.15) is 5.26 Å². The van der Waals surface area contributed by atoms with Crippen LogP contribution in [0.4, 0.5) is 5.69 Å². The lowest BCUT2D eigenvalue weighted by Gasteiger charge is -1.94. The molecule has 0 atom stereocenters. The number of nitrogens with zero attached hydrogens (tertiary/aromatic N) is 1. The van der Waals surface area contributed by atoms with E-state index in [9.17, 15) is 4.79 Å². The molecular weight excluding hydrogens is 353 g/mol. The van der Waals surface area contributed by atoms with Crippen LogP contribution in [0.2, 0.25) is 0 Å². The molecule has 0 unspecified atom stereocenters. The maximum atomic E-state index is 10.9. The second kappa shape index (κ2) is 27.7. The molecule has 1 aromatic rings. The Morgan fingerprint density at radius 1 is 1.73 bits per heavy atom. The van der Waals surface area contributed by atoms with Crippen molar-refractivity contribution in [3.8, 4) is 6.07 Å². The molecule has 0 aliphatic heterocycles. The highest BCUT2D eigenvalue weighted by Crippen LogP contribution is 2.18. The quantitative estimate of drug-likeness (QED) is 0.290. The first-order valence-corrected chi connectivity index (χ1v) is 5.58. The zero-order valence-corrected chi connectivity index (χ0v) is 13.4. The number of nitrogens with two attached hydrogens (primary N) is 2. The Hall–Kier alpha value is -1.63. The Bertz CT molecular complexity index is 652. The van der Waals surface area contributed by atoms with Gasteiger partial charge in [0.05, 0.1) is 24.3 Å². The van der Waals surface area contributed by atoms with Gasteiger partial charge in [-0.1, -0.05) is 19.0 Å². The molecule has 7 nitrogen and oxygen atoms in total. The minimum atomic E-state index is -0.593. The topological polar surface area (TPSA) is 139 Å². The average molecular weight is 385 g/mol. The molecule has 0 aliphatic rings. The summed E-state index contributed by atoms with van der Waals surface area (Å²) < 4.78 is 37.7. The summed E-state index contributed by atoms with van der Waals surface area (Å²) in [5, 5.41) is 14.3. The van der Waals surface area contributed by atoms with Crippen molar-refractivity contribution in [1.29, 1.82) is 5.26 Å². The van der Waals surface area contributed by atoms with Crippen LogP contribution in [-0.2, 0) is 9.53 Å².